The molecular formula is C43H47N5O5. The number of ether oxygens (including phenoxy) is 4. The molecule has 1 atom stereocenters. The molecule has 53 heavy (non-hydrogen) atoms. The van der Waals surface area contributed by atoms with Gasteiger partial charge in [-0.1, -0.05) is 92.2 Å². The lowest BCUT2D eigenvalue weighted by atomic mass is 9.92. The minimum Gasteiger partial charge on any atom is -0.493 e. The third-order valence-corrected chi connectivity index (χ3v) is 9.53. The molecule has 1 aromatic heterocycles. The molecule has 0 bridgehead atoms. The normalized spacial score (nSPS) is 12.8. The summed E-state index contributed by atoms with van der Waals surface area (Å²) in [6.07, 6.45) is 5.61. The Morgan fingerprint density at radius 2 is 1.55 bits per heavy atom. The molecule has 2 heterocycles. The maximum Gasteiger partial charge on any atom is 0.231 e. The molecule has 0 unspecified atom stereocenters. The summed E-state index contributed by atoms with van der Waals surface area (Å²) < 4.78 is 25.8. The van der Waals surface area contributed by atoms with Crippen LogP contribution in [0.1, 0.15) is 50.8 Å². The first-order valence-electron chi connectivity index (χ1n) is 18.5. The Morgan fingerprint density at radius 3 is 2.26 bits per heavy atom. The fraction of sp³-hybridized carbons (Fsp3) is 0.326. The lowest BCUT2D eigenvalue weighted by Crippen LogP contribution is -2.39. The highest BCUT2D eigenvalue weighted by atomic mass is 16.7. The number of nitrogens with two attached hydrogens (primary N) is 1. The van der Waals surface area contributed by atoms with Crippen LogP contribution in [0.3, 0.4) is 0 Å². The van der Waals surface area contributed by atoms with E-state index < -0.39 is 0 Å². The van der Waals surface area contributed by atoms with Crippen molar-refractivity contribution in [2.24, 2.45) is 11.7 Å². The summed E-state index contributed by atoms with van der Waals surface area (Å²) in [6.45, 7) is 6.52. The van der Waals surface area contributed by atoms with Crippen molar-refractivity contribution >= 4 is 27.5 Å². The lowest BCUT2D eigenvalue weighted by molar-refractivity contribution is -0.121. The van der Waals surface area contributed by atoms with Gasteiger partial charge in [0, 0.05) is 17.2 Å². The first-order chi connectivity index (χ1) is 25.9. The number of hydrogen-bond donors (Lipinski definition) is 2. The third kappa shape index (κ3) is 8.72. The Labute approximate surface area is 310 Å². The van der Waals surface area contributed by atoms with Gasteiger partial charge in [-0.05, 0) is 83.1 Å². The van der Waals surface area contributed by atoms with Crippen LogP contribution in [0.4, 0.5) is 0 Å². The fourth-order valence-corrected chi connectivity index (χ4v) is 6.79. The standard InChI is InChI=1S/C43H47N5O5/c1-29(2)20-22-50-38-18-15-31-9-3-5-12-35(31)42(38)43-36-13-6-4-10-32(36)16-19-39(43)51-27-34-26-48(47-46-34)25-33(11-7-8-21-44)45-41(49)24-30-14-17-37-40(23-30)53-28-52-37/h3-6,9-10,12-19,23,26,29,33H,7-8,11,20-22,24-25,27-28,44H2,1-2H3,(H,45,49)/t33-/m1/s1. The van der Waals surface area contributed by atoms with Crippen molar-refractivity contribution < 1.29 is 23.7 Å². The first-order valence-corrected chi connectivity index (χ1v) is 18.5. The number of unbranched alkanes of at least 4 members (excludes halogenated alkanes) is 1. The Bertz CT molecular complexity index is 2180. The van der Waals surface area contributed by atoms with E-state index in [1.165, 1.54) is 0 Å². The van der Waals surface area contributed by atoms with Gasteiger partial charge in [0.15, 0.2) is 11.5 Å². The summed E-state index contributed by atoms with van der Waals surface area (Å²) in [4.78, 5) is 13.2. The summed E-state index contributed by atoms with van der Waals surface area (Å²) in [5, 5.41) is 16.5. The highest BCUT2D eigenvalue weighted by Gasteiger charge is 2.21. The van der Waals surface area contributed by atoms with Crippen LogP contribution >= 0.6 is 0 Å². The maximum absolute atomic E-state index is 13.2. The van der Waals surface area contributed by atoms with Gasteiger partial charge >= 0.3 is 0 Å². The number of rotatable bonds is 17. The second-order valence-corrected chi connectivity index (χ2v) is 14.0. The second kappa shape index (κ2) is 16.8. The molecular weight excluding hydrogens is 667 g/mol. The van der Waals surface area contributed by atoms with E-state index in [1.54, 1.807) is 4.68 Å². The second-order valence-electron chi connectivity index (χ2n) is 14.0. The number of carbonyl (C=O) groups excluding carboxylic acids is 1. The zero-order chi connectivity index (χ0) is 36.6. The summed E-state index contributed by atoms with van der Waals surface area (Å²) >= 11 is 0. The topological polar surface area (TPSA) is 123 Å². The van der Waals surface area contributed by atoms with Crippen molar-refractivity contribution in [3.05, 3.63) is 108 Å². The molecule has 0 fully saturated rings. The van der Waals surface area contributed by atoms with E-state index in [0.717, 1.165) is 75.4 Å². The van der Waals surface area contributed by atoms with Crippen molar-refractivity contribution in [1.82, 2.24) is 20.3 Å². The van der Waals surface area contributed by atoms with E-state index in [1.807, 2.05) is 30.5 Å². The Balaban J connectivity index is 1.10. The van der Waals surface area contributed by atoms with Gasteiger partial charge < -0.3 is 30.0 Å². The summed E-state index contributed by atoms with van der Waals surface area (Å²) in [5.41, 5.74) is 9.33. The number of hydrogen-bond acceptors (Lipinski definition) is 8. The van der Waals surface area contributed by atoms with E-state index >= 15 is 0 Å². The van der Waals surface area contributed by atoms with Crippen LogP contribution in [0.15, 0.2) is 97.2 Å². The number of benzene rings is 5. The van der Waals surface area contributed by atoms with Crippen LogP contribution in [0.25, 0.3) is 32.7 Å². The zero-order valence-electron chi connectivity index (χ0n) is 30.4. The van der Waals surface area contributed by atoms with E-state index in [0.29, 0.717) is 42.8 Å². The predicted molar refractivity (Wildman–Crippen MR) is 207 cm³/mol. The van der Waals surface area contributed by atoms with Crippen molar-refractivity contribution in [2.75, 3.05) is 19.9 Å². The van der Waals surface area contributed by atoms with Gasteiger partial charge in [-0.15, -0.1) is 5.10 Å². The molecule has 10 nitrogen and oxygen atoms in total. The van der Waals surface area contributed by atoms with Gasteiger partial charge in [0.05, 0.1) is 25.8 Å². The number of fused-ring (bicyclic) bond motifs is 3. The Kier molecular flexibility index (Phi) is 11.4. The number of amides is 1. The zero-order valence-corrected chi connectivity index (χ0v) is 30.4. The molecule has 6 aromatic rings. The molecule has 1 aliphatic heterocycles. The molecule has 1 amide bonds. The van der Waals surface area contributed by atoms with E-state index in [2.05, 4.69) is 96.2 Å². The molecule has 7 rings (SSSR count). The van der Waals surface area contributed by atoms with Gasteiger partial charge in [-0.25, -0.2) is 0 Å². The molecule has 0 aliphatic carbocycles. The quantitative estimate of drug-likeness (QED) is 0.0917. The molecule has 0 saturated heterocycles. The fourth-order valence-electron chi connectivity index (χ4n) is 6.79. The van der Waals surface area contributed by atoms with Gasteiger partial charge in [-0.2, -0.15) is 0 Å². The van der Waals surface area contributed by atoms with Crippen LogP contribution in [-0.2, 0) is 24.4 Å². The monoisotopic (exact) mass is 713 g/mol. The highest BCUT2D eigenvalue weighted by molar-refractivity contribution is 6.09. The molecule has 1 aliphatic rings. The van der Waals surface area contributed by atoms with Gasteiger partial charge in [0.25, 0.3) is 0 Å². The molecule has 274 valence electrons. The number of aromatic nitrogens is 3. The summed E-state index contributed by atoms with van der Waals surface area (Å²) in [7, 11) is 0. The van der Waals surface area contributed by atoms with Crippen LogP contribution < -0.4 is 30.0 Å². The smallest absolute Gasteiger partial charge is 0.231 e. The first kappa shape index (κ1) is 35.8. The van der Waals surface area contributed by atoms with Gasteiger partial charge in [0.2, 0.25) is 12.7 Å². The minimum atomic E-state index is -0.147. The van der Waals surface area contributed by atoms with Crippen molar-refractivity contribution in [2.45, 2.75) is 65.1 Å². The highest BCUT2D eigenvalue weighted by Crippen LogP contribution is 2.45. The Hall–Kier alpha value is -5.61. The van der Waals surface area contributed by atoms with Crippen LogP contribution in [0.2, 0.25) is 0 Å². The van der Waals surface area contributed by atoms with Crippen LogP contribution in [-0.4, -0.2) is 46.9 Å². The average molecular weight is 714 g/mol. The van der Waals surface area contributed by atoms with Crippen LogP contribution in [0, 0.1) is 5.92 Å². The minimum absolute atomic E-state index is 0.0740. The number of nitrogens with zero attached hydrogens (tertiary/aromatic N) is 3. The molecule has 0 saturated carbocycles. The summed E-state index contributed by atoms with van der Waals surface area (Å²) in [5.74, 6) is 3.38. The maximum atomic E-state index is 13.2. The van der Waals surface area contributed by atoms with E-state index in [9.17, 15) is 4.79 Å². The molecule has 0 spiro atoms. The molecule has 10 heteroatoms. The lowest BCUT2D eigenvalue weighted by Gasteiger charge is -2.20. The molecule has 5 aromatic carbocycles. The molecule has 0 radical (unpaired) electrons. The molecule has 3 N–H and O–H groups in total. The van der Waals surface area contributed by atoms with Crippen LogP contribution in [0.5, 0.6) is 23.0 Å². The third-order valence-electron chi connectivity index (χ3n) is 9.53. The van der Waals surface area contributed by atoms with Gasteiger partial charge in [0.1, 0.15) is 23.8 Å². The number of carbonyl (C=O) groups is 1. The van der Waals surface area contributed by atoms with Gasteiger partial charge in [-0.3, -0.25) is 9.48 Å². The average Bonchev–Trinajstić information content (AvgIpc) is 3.83. The predicted octanol–water partition coefficient (Wildman–Crippen LogP) is 7.84. The Morgan fingerprint density at radius 1 is 0.849 bits per heavy atom. The SMILES string of the molecule is CC(C)CCOc1ccc2ccccc2c1-c1c(OCc2cn(C[C@@H](CCCCN)NC(=O)Cc3ccc4c(c3)OCO4)nn2)ccc2ccccc12. The summed E-state index contributed by atoms with van der Waals surface area (Å²) in [6, 6.07) is 30.5. The van der Waals surface area contributed by atoms with E-state index in [-0.39, 0.29) is 31.8 Å². The largest absolute Gasteiger partial charge is 0.493 e. The van der Waals surface area contributed by atoms with E-state index in [4.69, 9.17) is 24.7 Å². The van der Waals surface area contributed by atoms with Crippen molar-refractivity contribution in [3.8, 4) is 34.1 Å². The van der Waals surface area contributed by atoms with Crippen molar-refractivity contribution in [1.29, 1.82) is 0 Å². The van der Waals surface area contributed by atoms with Crippen molar-refractivity contribution in [3.63, 3.8) is 0 Å². The number of nitrogens with one attached hydrogen (secondary N) is 1.